The SMILES string of the molecule is Cc1cc(/C(C[C@H](c2ccc(N3CCC(C(=O)O)CC3)cc2)c2ccccc2C)=N/O)ccn1. The van der Waals surface area contributed by atoms with Gasteiger partial charge in [-0.25, -0.2) is 0 Å². The molecule has 0 saturated carbocycles. The summed E-state index contributed by atoms with van der Waals surface area (Å²) in [5.41, 5.74) is 7.01. The maximum Gasteiger partial charge on any atom is 0.306 e. The van der Waals surface area contributed by atoms with E-state index < -0.39 is 5.97 Å². The van der Waals surface area contributed by atoms with Gasteiger partial charge in [0.1, 0.15) is 0 Å². The predicted octanol–water partition coefficient (Wildman–Crippen LogP) is 5.40. The summed E-state index contributed by atoms with van der Waals surface area (Å²) in [6, 6.07) is 20.7. The van der Waals surface area contributed by atoms with Gasteiger partial charge in [0, 0.05) is 48.6 Å². The van der Waals surface area contributed by atoms with Crippen LogP contribution in [0.25, 0.3) is 0 Å². The zero-order valence-electron chi connectivity index (χ0n) is 19.7. The standard InChI is InChI=1S/C28H31N3O3/c1-19-5-3-4-6-25(19)26(18-27(30-34)23-11-14-29-20(2)17-23)21-7-9-24(10-8-21)31-15-12-22(13-16-31)28(32)33/h3-11,14,17,22,26,34H,12-13,15-16,18H2,1-2H3,(H,32,33)/b30-27+/t26-/m1/s1. The van der Waals surface area contributed by atoms with Crippen LogP contribution in [-0.4, -0.2) is 40.1 Å². The number of pyridine rings is 1. The molecule has 1 atom stereocenters. The number of nitrogens with zero attached hydrogens (tertiary/aromatic N) is 3. The van der Waals surface area contributed by atoms with E-state index in [9.17, 15) is 15.1 Å². The molecule has 176 valence electrons. The molecule has 0 aliphatic carbocycles. The van der Waals surface area contributed by atoms with Crippen molar-refractivity contribution >= 4 is 17.4 Å². The van der Waals surface area contributed by atoms with Crippen LogP contribution in [0.1, 0.15) is 53.1 Å². The largest absolute Gasteiger partial charge is 0.481 e. The van der Waals surface area contributed by atoms with E-state index in [0.29, 0.717) is 25.0 Å². The summed E-state index contributed by atoms with van der Waals surface area (Å²) in [7, 11) is 0. The Morgan fingerprint density at radius 3 is 2.41 bits per heavy atom. The number of piperidine rings is 1. The van der Waals surface area contributed by atoms with E-state index in [1.165, 1.54) is 11.1 Å². The second-order valence-electron chi connectivity index (χ2n) is 9.04. The molecule has 0 spiro atoms. The number of rotatable bonds is 7. The summed E-state index contributed by atoms with van der Waals surface area (Å²) in [6.07, 6.45) is 3.63. The van der Waals surface area contributed by atoms with Gasteiger partial charge >= 0.3 is 5.97 Å². The molecule has 1 aromatic heterocycles. The molecule has 0 bridgehead atoms. The smallest absolute Gasteiger partial charge is 0.306 e. The number of aryl methyl sites for hydroxylation is 2. The number of anilines is 1. The van der Waals surface area contributed by atoms with Crippen molar-refractivity contribution in [1.29, 1.82) is 0 Å². The third kappa shape index (κ3) is 5.28. The van der Waals surface area contributed by atoms with Gasteiger partial charge in [0.2, 0.25) is 0 Å². The van der Waals surface area contributed by atoms with Gasteiger partial charge < -0.3 is 15.2 Å². The highest BCUT2D eigenvalue weighted by Gasteiger charge is 2.25. The molecular weight excluding hydrogens is 426 g/mol. The van der Waals surface area contributed by atoms with Crippen molar-refractivity contribution in [3.63, 3.8) is 0 Å². The first-order valence-corrected chi connectivity index (χ1v) is 11.7. The van der Waals surface area contributed by atoms with E-state index in [2.05, 4.69) is 58.4 Å². The topological polar surface area (TPSA) is 86.0 Å². The van der Waals surface area contributed by atoms with E-state index in [1.54, 1.807) is 6.20 Å². The number of carboxylic acids is 1. The van der Waals surface area contributed by atoms with E-state index in [4.69, 9.17) is 0 Å². The molecule has 6 nitrogen and oxygen atoms in total. The number of aliphatic carboxylic acids is 1. The molecule has 0 unspecified atom stereocenters. The number of oxime groups is 1. The average molecular weight is 458 g/mol. The van der Waals surface area contributed by atoms with Crippen molar-refractivity contribution in [3.05, 3.63) is 94.8 Å². The van der Waals surface area contributed by atoms with Crippen LogP contribution in [0.4, 0.5) is 5.69 Å². The van der Waals surface area contributed by atoms with E-state index in [0.717, 1.165) is 35.6 Å². The van der Waals surface area contributed by atoms with Crippen molar-refractivity contribution in [2.45, 2.75) is 39.0 Å². The Balaban J connectivity index is 1.61. The van der Waals surface area contributed by atoms with Crippen LogP contribution < -0.4 is 4.90 Å². The molecule has 3 aromatic rings. The molecule has 4 rings (SSSR count). The molecule has 0 radical (unpaired) electrons. The van der Waals surface area contributed by atoms with Gasteiger partial charge in [-0.15, -0.1) is 0 Å². The van der Waals surface area contributed by atoms with E-state index >= 15 is 0 Å². The Morgan fingerprint density at radius 1 is 1.09 bits per heavy atom. The fraction of sp³-hybridized carbons (Fsp3) is 0.321. The fourth-order valence-electron chi connectivity index (χ4n) is 4.82. The molecule has 2 N–H and O–H groups in total. The van der Waals surface area contributed by atoms with Gasteiger partial charge in [0.05, 0.1) is 11.6 Å². The minimum atomic E-state index is -0.693. The van der Waals surface area contributed by atoms with Gasteiger partial charge in [0.25, 0.3) is 0 Å². The lowest BCUT2D eigenvalue weighted by atomic mass is 9.83. The van der Waals surface area contributed by atoms with Crippen LogP contribution in [0.3, 0.4) is 0 Å². The number of benzene rings is 2. The zero-order valence-corrected chi connectivity index (χ0v) is 19.7. The third-order valence-corrected chi connectivity index (χ3v) is 6.82. The lowest BCUT2D eigenvalue weighted by Gasteiger charge is -2.32. The normalized spacial score (nSPS) is 15.8. The first-order valence-electron chi connectivity index (χ1n) is 11.7. The highest BCUT2D eigenvalue weighted by molar-refractivity contribution is 6.01. The Hall–Kier alpha value is -3.67. The van der Waals surface area contributed by atoms with Crippen LogP contribution in [0, 0.1) is 19.8 Å². The minimum absolute atomic E-state index is 0.0207. The van der Waals surface area contributed by atoms with Gasteiger partial charge in [-0.1, -0.05) is 41.6 Å². The second-order valence-corrected chi connectivity index (χ2v) is 9.04. The Morgan fingerprint density at radius 2 is 1.79 bits per heavy atom. The van der Waals surface area contributed by atoms with Crippen molar-refractivity contribution in [3.8, 4) is 0 Å². The summed E-state index contributed by atoms with van der Waals surface area (Å²) in [4.78, 5) is 17.8. The number of carboxylic acid groups (broad SMARTS) is 1. The molecule has 6 heteroatoms. The number of hydrogen-bond donors (Lipinski definition) is 2. The van der Waals surface area contributed by atoms with Crippen LogP contribution in [0.2, 0.25) is 0 Å². The minimum Gasteiger partial charge on any atom is -0.481 e. The maximum absolute atomic E-state index is 11.3. The molecule has 1 fully saturated rings. The first kappa shape index (κ1) is 23.5. The second kappa shape index (κ2) is 10.5. The van der Waals surface area contributed by atoms with E-state index in [1.807, 2.05) is 31.2 Å². The molecular formula is C28H31N3O3. The molecule has 1 aliphatic rings. The maximum atomic E-state index is 11.3. The molecule has 2 heterocycles. The van der Waals surface area contributed by atoms with Gasteiger partial charge in [-0.05, 0) is 67.6 Å². The predicted molar refractivity (Wildman–Crippen MR) is 134 cm³/mol. The molecule has 1 saturated heterocycles. The number of carbonyl (C=O) groups is 1. The summed E-state index contributed by atoms with van der Waals surface area (Å²) in [5.74, 6) is -0.914. The number of hydrogen-bond acceptors (Lipinski definition) is 5. The monoisotopic (exact) mass is 457 g/mol. The Bertz CT molecular complexity index is 1170. The average Bonchev–Trinajstić information content (AvgIpc) is 2.86. The molecule has 34 heavy (non-hydrogen) atoms. The van der Waals surface area contributed by atoms with Gasteiger partial charge in [0.15, 0.2) is 0 Å². The lowest BCUT2D eigenvalue weighted by molar-refractivity contribution is -0.142. The van der Waals surface area contributed by atoms with Crippen molar-refractivity contribution in [1.82, 2.24) is 4.98 Å². The Kier molecular flexibility index (Phi) is 7.26. The highest BCUT2D eigenvalue weighted by Crippen LogP contribution is 2.33. The highest BCUT2D eigenvalue weighted by atomic mass is 16.4. The fourth-order valence-corrected chi connectivity index (χ4v) is 4.82. The van der Waals surface area contributed by atoms with Gasteiger partial charge in [-0.2, -0.15) is 0 Å². The van der Waals surface area contributed by atoms with Crippen molar-refractivity contribution in [2.75, 3.05) is 18.0 Å². The zero-order chi connectivity index (χ0) is 24.1. The molecule has 0 amide bonds. The third-order valence-electron chi connectivity index (χ3n) is 6.82. The van der Waals surface area contributed by atoms with Crippen LogP contribution in [0.5, 0.6) is 0 Å². The first-order chi connectivity index (χ1) is 16.5. The summed E-state index contributed by atoms with van der Waals surface area (Å²) in [6.45, 7) is 5.53. The van der Waals surface area contributed by atoms with Gasteiger partial charge in [-0.3, -0.25) is 9.78 Å². The van der Waals surface area contributed by atoms with Crippen molar-refractivity contribution < 1.29 is 15.1 Å². The Labute approximate surface area is 200 Å². The quantitative estimate of drug-likeness (QED) is 0.282. The molecule has 1 aliphatic heterocycles. The summed E-state index contributed by atoms with van der Waals surface area (Å²) < 4.78 is 0. The summed E-state index contributed by atoms with van der Waals surface area (Å²) in [5, 5.41) is 22.8. The van der Waals surface area contributed by atoms with Crippen LogP contribution >= 0.6 is 0 Å². The summed E-state index contributed by atoms with van der Waals surface area (Å²) >= 11 is 0. The molecule has 2 aromatic carbocycles. The van der Waals surface area contributed by atoms with E-state index in [-0.39, 0.29) is 11.8 Å². The van der Waals surface area contributed by atoms with Crippen LogP contribution in [-0.2, 0) is 4.79 Å². The number of aromatic nitrogens is 1. The lowest BCUT2D eigenvalue weighted by Crippen LogP contribution is -2.36. The van der Waals surface area contributed by atoms with Crippen LogP contribution in [0.15, 0.2) is 72.0 Å². The van der Waals surface area contributed by atoms with Crippen molar-refractivity contribution in [2.24, 2.45) is 11.1 Å².